The average Bonchev–Trinajstić information content (AvgIpc) is 2.67. The molecule has 0 aliphatic carbocycles. The Labute approximate surface area is 104 Å². The van der Waals surface area contributed by atoms with Gasteiger partial charge < -0.3 is 14.8 Å². The highest BCUT2D eigenvalue weighted by molar-refractivity contribution is 7.13. The van der Waals surface area contributed by atoms with Gasteiger partial charge in [-0.2, -0.15) is 0 Å². The molecule has 0 aromatic carbocycles. The van der Waals surface area contributed by atoms with Crippen molar-refractivity contribution in [2.75, 3.05) is 26.4 Å². The maximum absolute atomic E-state index is 11.9. The fourth-order valence-corrected chi connectivity index (χ4v) is 2.52. The summed E-state index contributed by atoms with van der Waals surface area (Å²) in [5.41, 5.74) is 0.783. The summed E-state index contributed by atoms with van der Waals surface area (Å²) in [5.74, 6) is -0.0812. The van der Waals surface area contributed by atoms with Crippen LogP contribution < -0.4 is 5.32 Å². The second-order valence-electron chi connectivity index (χ2n) is 3.93. The summed E-state index contributed by atoms with van der Waals surface area (Å²) >= 11 is 1.41. The molecule has 2 heterocycles. The quantitative estimate of drug-likeness (QED) is 0.873. The molecular formula is C11H16N2O3S. The lowest BCUT2D eigenvalue weighted by Crippen LogP contribution is -2.39. The van der Waals surface area contributed by atoms with Crippen molar-refractivity contribution in [1.82, 2.24) is 10.3 Å². The minimum absolute atomic E-state index is 0.0398. The highest BCUT2D eigenvalue weighted by Gasteiger charge is 2.18. The van der Waals surface area contributed by atoms with Gasteiger partial charge in [0.2, 0.25) is 0 Å². The lowest BCUT2D eigenvalue weighted by Gasteiger charge is -2.22. The number of hydrogen-bond acceptors (Lipinski definition) is 5. The Hall–Kier alpha value is -0.980. The van der Waals surface area contributed by atoms with E-state index in [0.717, 1.165) is 10.7 Å². The van der Waals surface area contributed by atoms with E-state index in [9.17, 15) is 4.79 Å². The predicted molar refractivity (Wildman–Crippen MR) is 64.5 cm³/mol. The molecular weight excluding hydrogens is 240 g/mol. The number of thiazole rings is 1. The molecule has 2 rings (SSSR count). The Morgan fingerprint density at radius 3 is 2.94 bits per heavy atom. The number of rotatable bonds is 3. The summed E-state index contributed by atoms with van der Waals surface area (Å²) in [6.07, 6.45) is -0.0398. The molecule has 1 N–H and O–H groups in total. The Morgan fingerprint density at radius 1 is 1.53 bits per heavy atom. The van der Waals surface area contributed by atoms with E-state index in [0.29, 0.717) is 31.2 Å². The predicted octanol–water partition coefficient (Wildman–Crippen LogP) is 0.905. The molecule has 6 heteroatoms. The maximum atomic E-state index is 11.9. The summed E-state index contributed by atoms with van der Waals surface area (Å²) < 4.78 is 10.7. The van der Waals surface area contributed by atoms with E-state index in [1.807, 2.05) is 13.8 Å². The molecule has 1 amide bonds. The number of hydrogen-bond donors (Lipinski definition) is 1. The van der Waals surface area contributed by atoms with E-state index in [4.69, 9.17) is 9.47 Å². The molecule has 1 aromatic heterocycles. The van der Waals surface area contributed by atoms with Crippen molar-refractivity contribution in [1.29, 1.82) is 0 Å². The molecule has 1 aromatic rings. The summed E-state index contributed by atoms with van der Waals surface area (Å²) in [5, 5.41) is 3.76. The van der Waals surface area contributed by atoms with Crippen LogP contribution >= 0.6 is 11.3 Å². The van der Waals surface area contributed by atoms with Crippen LogP contribution in [0.4, 0.5) is 0 Å². The number of amides is 1. The molecule has 1 saturated heterocycles. The third-order valence-electron chi connectivity index (χ3n) is 2.49. The van der Waals surface area contributed by atoms with Crippen molar-refractivity contribution in [2.45, 2.75) is 20.0 Å². The standard InChI is InChI=1S/C11H16N2O3S/c1-7-10(17-8(2)13-7)11(14)12-5-9-6-15-3-4-16-9/h9H,3-6H2,1-2H3,(H,12,14). The van der Waals surface area contributed by atoms with Gasteiger partial charge in [-0.05, 0) is 13.8 Å². The number of aromatic nitrogens is 1. The van der Waals surface area contributed by atoms with Crippen molar-refractivity contribution < 1.29 is 14.3 Å². The van der Waals surface area contributed by atoms with Crippen LogP contribution in [0.3, 0.4) is 0 Å². The maximum Gasteiger partial charge on any atom is 0.263 e. The van der Waals surface area contributed by atoms with Crippen LogP contribution in [0.1, 0.15) is 20.4 Å². The van der Waals surface area contributed by atoms with Crippen LogP contribution in [0.25, 0.3) is 0 Å². The smallest absolute Gasteiger partial charge is 0.263 e. The van der Waals surface area contributed by atoms with Gasteiger partial charge in [0.1, 0.15) is 4.88 Å². The molecule has 0 spiro atoms. The lowest BCUT2D eigenvalue weighted by atomic mass is 10.3. The summed E-state index contributed by atoms with van der Waals surface area (Å²) in [4.78, 5) is 16.8. The summed E-state index contributed by atoms with van der Waals surface area (Å²) in [7, 11) is 0. The van der Waals surface area contributed by atoms with E-state index in [1.54, 1.807) is 0 Å². The molecule has 0 saturated carbocycles. The van der Waals surface area contributed by atoms with Crippen LogP contribution in [-0.2, 0) is 9.47 Å². The SMILES string of the molecule is Cc1nc(C)c(C(=O)NCC2COCCO2)s1. The van der Waals surface area contributed by atoms with Crippen molar-refractivity contribution in [2.24, 2.45) is 0 Å². The molecule has 1 atom stereocenters. The van der Waals surface area contributed by atoms with Gasteiger partial charge in [0, 0.05) is 6.54 Å². The Morgan fingerprint density at radius 2 is 2.35 bits per heavy atom. The van der Waals surface area contributed by atoms with E-state index in [2.05, 4.69) is 10.3 Å². The number of nitrogens with one attached hydrogen (secondary N) is 1. The lowest BCUT2D eigenvalue weighted by molar-refractivity contribution is -0.0855. The van der Waals surface area contributed by atoms with Gasteiger partial charge in [-0.25, -0.2) is 4.98 Å². The first-order chi connectivity index (χ1) is 8.16. The van der Waals surface area contributed by atoms with E-state index >= 15 is 0 Å². The molecule has 1 aliphatic heterocycles. The first kappa shape index (κ1) is 12.5. The van der Waals surface area contributed by atoms with Crippen LogP contribution in [0.2, 0.25) is 0 Å². The van der Waals surface area contributed by atoms with Crippen LogP contribution in [-0.4, -0.2) is 43.4 Å². The normalized spacial score (nSPS) is 20.2. The Kier molecular flexibility index (Phi) is 4.09. The highest BCUT2D eigenvalue weighted by atomic mass is 32.1. The number of nitrogens with zero attached hydrogens (tertiary/aromatic N) is 1. The molecule has 17 heavy (non-hydrogen) atoms. The average molecular weight is 256 g/mol. The van der Waals surface area contributed by atoms with Gasteiger partial charge in [0.15, 0.2) is 0 Å². The van der Waals surface area contributed by atoms with Gasteiger partial charge in [-0.15, -0.1) is 11.3 Å². The third kappa shape index (κ3) is 3.24. The van der Waals surface area contributed by atoms with E-state index in [-0.39, 0.29) is 12.0 Å². The van der Waals surface area contributed by atoms with E-state index in [1.165, 1.54) is 11.3 Å². The Bertz CT molecular complexity index is 399. The topological polar surface area (TPSA) is 60.5 Å². The zero-order chi connectivity index (χ0) is 12.3. The van der Waals surface area contributed by atoms with Gasteiger partial charge in [-0.3, -0.25) is 4.79 Å². The molecule has 0 bridgehead atoms. The van der Waals surface area contributed by atoms with Gasteiger partial charge in [0.05, 0.1) is 36.6 Å². The highest BCUT2D eigenvalue weighted by Crippen LogP contribution is 2.16. The fraction of sp³-hybridized carbons (Fsp3) is 0.636. The number of aryl methyl sites for hydroxylation is 2. The molecule has 0 radical (unpaired) electrons. The first-order valence-corrected chi connectivity index (χ1v) is 6.40. The number of ether oxygens (including phenoxy) is 2. The summed E-state index contributed by atoms with van der Waals surface area (Å²) in [6, 6.07) is 0. The van der Waals surface area contributed by atoms with Crippen molar-refractivity contribution in [3.8, 4) is 0 Å². The minimum atomic E-state index is -0.0812. The van der Waals surface area contributed by atoms with Crippen molar-refractivity contribution in [3.63, 3.8) is 0 Å². The number of carbonyl (C=O) groups is 1. The first-order valence-electron chi connectivity index (χ1n) is 5.58. The van der Waals surface area contributed by atoms with Crippen LogP contribution in [0, 0.1) is 13.8 Å². The van der Waals surface area contributed by atoms with Gasteiger partial charge in [-0.1, -0.05) is 0 Å². The van der Waals surface area contributed by atoms with Gasteiger partial charge >= 0.3 is 0 Å². The van der Waals surface area contributed by atoms with Crippen LogP contribution in [0.5, 0.6) is 0 Å². The molecule has 5 nitrogen and oxygen atoms in total. The third-order valence-corrected chi connectivity index (χ3v) is 3.56. The molecule has 94 valence electrons. The van der Waals surface area contributed by atoms with Crippen molar-refractivity contribution in [3.05, 3.63) is 15.6 Å². The fourth-order valence-electron chi connectivity index (χ4n) is 1.68. The molecule has 1 unspecified atom stereocenters. The number of carbonyl (C=O) groups excluding carboxylic acids is 1. The van der Waals surface area contributed by atoms with Crippen molar-refractivity contribution >= 4 is 17.2 Å². The van der Waals surface area contributed by atoms with Gasteiger partial charge in [0.25, 0.3) is 5.91 Å². The minimum Gasteiger partial charge on any atom is -0.376 e. The second kappa shape index (κ2) is 5.57. The Balaban J connectivity index is 1.86. The molecule has 1 fully saturated rings. The largest absolute Gasteiger partial charge is 0.376 e. The zero-order valence-corrected chi connectivity index (χ0v) is 10.8. The van der Waals surface area contributed by atoms with E-state index < -0.39 is 0 Å². The monoisotopic (exact) mass is 256 g/mol. The second-order valence-corrected chi connectivity index (χ2v) is 5.13. The van der Waals surface area contributed by atoms with Crippen LogP contribution in [0.15, 0.2) is 0 Å². The summed E-state index contributed by atoms with van der Waals surface area (Å²) in [6.45, 7) is 6.00. The molecule has 1 aliphatic rings. The zero-order valence-electron chi connectivity index (χ0n) is 9.99.